The van der Waals surface area contributed by atoms with E-state index in [0.29, 0.717) is 6.42 Å². The molecule has 4 N–H and O–H groups in total. The Labute approximate surface area is 75.5 Å². The minimum atomic E-state index is -0.386. The molecule has 0 bridgehead atoms. The summed E-state index contributed by atoms with van der Waals surface area (Å²) in [7, 11) is 0. The molecule has 0 aromatic carbocycles. The molecule has 2 rings (SSSR count). The third-order valence-electron chi connectivity index (χ3n) is 2.10. The molecule has 3 nitrogen and oxygen atoms in total. The lowest BCUT2D eigenvalue weighted by Crippen LogP contribution is -2.06. The Kier molecular flexibility index (Phi) is 1.94. The Bertz CT molecular complexity index is 320. The molecular weight excluding hydrogens is 171 g/mol. The highest BCUT2D eigenvalue weighted by Crippen LogP contribution is 2.29. The third kappa shape index (κ3) is 1.64. The van der Waals surface area contributed by atoms with Crippen molar-refractivity contribution in [1.29, 1.82) is 0 Å². The van der Waals surface area contributed by atoms with Crippen LogP contribution in [0.25, 0.3) is 0 Å². The van der Waals surface area contributed by atoms with Crippen LogP contribution in [0.4, 0.5) is 4.39 Å². The molecule has 1 aliphatic carbocycles. The van der Waals surface area contributed by atoms with Crippen molar-refractivity contribution in [1.82, 2.24) is 0 Å². The second-order valence-corrected chi connectivity index (χ2v) is 3.15. The fraction of sp³-hybridized carbons (Fsp3) is 0.333. The van der Waals surface area contributed by atoms with Crippen LogP contribution in [0.2, 0.25) is 0 Å². The largest absolute Gasteiger partial charge is 0.399 e. The lowest BCUT2D eigenvalue weighted by atomic mass is 10.1. The number of hydrogen-bond acceptors (Lipinski definition) is 3. The molecule has 4 heteroatoms. The van der Waals surface area contributed by atoms with E-state index in [9.17, 15) is 4.39 Å². The number of epoxide rings is 1. The van der Waals surface area contributed by atoms with Crippen LogP contribution in [-0.4, -0.2) is 12.3 Å². The lowest BCUT2D eigenvalue weighted by molar-refractivity contribution is 0.390. The molecule has 1 aliphatic heterocycles. The van der Waals surface area contributed by atoms with Gasteiger partial charge in [0.05, 0.1) is 0 Å². The zero-order valence-electron chi connectivity index (χ0n) is 7.03. The third-order valence-corrected chi connectivity index (χ3v) is 2.10. The summed E-state index contributed by atoms with van der Waals surface area (Å²) in [6, 6.07) is 0. The first kappa shape index (κ1) is 8.47. The lowest BCUT2D eigenvalue weighted by Gasteiger charge is -1.94. The fourth-order valence-corrected chi connectivity index (χ4v) is 1.28. The zero-order valence-corrected chi connectivity index (χ0v) is 7.03. The van der Waals surface area contributed by atoms with Gasteiger partial charge >= 0.3 is 0 Å². The Morgan fingerprint density at radius 1 is 1.54 bits per heavy atom. The van der Waals surface area contributed by atoms with Gasteiger partial charge in [0.1, 0.15) is 18.2 Å². The predicted octanol–water partition coefficient (Wildman–Crippen LogP) is 0.696. The van der Waals surface area contributed by atoms with Gasteiger partial charge in [-0.2, -0.15) is 0 Å². The van der Waals surface area contributed by atoms with Gasteiger partial charge < -0.3 is 16.2 Å². The monoisotopic (exact) mass is 182 g/mol. The highest BCUT2D eigenvalue weighted by atomic mass is 19.1. The average Bonchev–Trinajstić information content (AvgIpc) is 2.80. The summed E-state index contributed by atoms with van der Waals surface area (Å²) >= 11 is 0. The summed E-state index contributed by atoms with van der Waals surface area (Å²) in [6.07, 6.45) is 4.99. The molecule has 0 amide bonds. The van der Waals surface area contributed by atoms with Crippen LogP contribution < -0.4 is 11.5 Å². The summed E-state index contributed by atoms with van der Waals surface area (Å²) in [5.74, 6) is -0.386. The summed E-state index contributed by atoms with van der Waals surface area (Å²) in [5, 5.41) is 0. The van der Waals surface area contributed by atoms with Crippen LogP contribution in [0, 0.1) is 0 Å². The maximum absolute atomic E-state index is 13.1. The van der Waals surface area contributed by atoms with Gasteiger partial charge in [-0.05, 0) is 11.6 Å². The topological polar surface area (TPSA) is 64.6 Å². The molecule has 1 saturated heterocycles. The molecule has 0 aromatic rings. The summed E-state index contributed by atoms with van der Waals surface area (Å²) in [6.45, 7) is 0. The standard InChI is InChI=1S/C9H11FN2O/c10-6-4-5(8-9(12)13-8)2-1-3-7(6)11/h1-2,4,8-9H,3,11-12H2/t8?,9-/m0/s1. The number of hydrogen-bond donors (Lipinski definition) is 2. The molecule has 2 aliphatic rings. The van der Waals surface area contributed by atoms with Crippen LogP contribution in [0.3, 0.4) is 0 Å². The number of rotatable bonds is 1. The van der Waals surface area contributed by atoms with E-state index < -0.39 is 0 Å². The van der Waals surface area contributed by atoms with Crippen LogP contribution >= 0.6 is 0 Å². The van der Waals surface area contributed by atoms with Crippen LogP contribution in [0.1, 0.15) is 6.42 Å². The van der Waals surface area contributed by atoms with Crippen molar-refractivity contribution < 1.29 is 9.13 Å². The summed E-state index contributed by atoms with van der Waals surface area (Å²) in [5.41, 5.74) is 11.9. The molecule has 0 spiro atoms. The normalized spacial score (nSPS) is 32.9. The van der Waals surface area contributed by atoms with E-state index in [1.165, 1.54) is 6.08 Å². The van der Waals surface area contributed by atoms with Crippen molar-refractivity contribution >= 4 is 0 Å². The maximum atomic E-state index is 13.1. The predicted molar refractivity (Wildman–Crippen MR) is 47.0 cm³/mol. The maximum Gasteiger partial charge on any atom is 0.142 e. The van der Waals surface area contributed by atoms with Gasteiger partial charge in [0.2, 0.25) is 0 Å². The first-order valence-corrected chi connectivity index (χ1v) is 4.12. The van der Waals surface area contributed by atoms with Gasteiger partial charge in [-0.25, -0.2) is 4.39 Å². The fourth-order valence-electron chi connectivity index (χ4n) is 1.28. The molecule has 0 radical (unpaired) electrons. The van der Waals surface area contributed by atoms with Gasteiger partial charge in [0, 0.05) is 12.1 Å². The minimum absolute atomic E-state index is 0.159. The Hall–Kier alpha value is -1.13. The van der Waals surface area contributed by atoms with E-state index in [0.717, 1.165) is 5.57 Å². The number of halogens is 1. The van der Waals surface area contributed by atoms with Gasteiger partial charge in [-0.15, -0.1) is 0 Å². The SMILES string of the molecule is NC1=C(F)C=C(C2O[C@@H]2N)C=CC1. The molecule has 0 saturated carbocycles. The Morgan fingerprint density at radius 3 is 2.85 bits per heavy atom. The van der Waals surface area contributed by atoms with Crippen molar-refractivity contribution in [2.45, 2.75) is 18.8 Å². The van der Waals surface area contributed by atoms with E-state index in [2.05, 4.69) is 0 Å². The second kappa shape index (κ2) is 2.97. The zero-order chi connectivity index (χ0) is 9.42. The highest BCUT2D eigenvalue weighted by molar-refractivity contribution is 5.38. The molecule has 1 fully saturated rings. The van der Waals surface area contributed by atoms with E-state index in [1.807, 2.05) is 6.08 Å². The molecule has 13 heavy (non-hydrogen) atoms. The van der Waals surface area contributed by atoms with Crippen LogP contribution in [0.5, 0.6) is 0 Å². The molecule has 0 aromatic heterocycles. The van der Waals surface area contributed by atoms with Crippen LogP contribution in [0.15, 0.2) is 35.3 Å². The van der Waals surface area contributed by atoms with E-state index in [1.54, 1.807) is 6.08 Å². The van der Waals surface area contributed by atoms with Crippen LogP contribution in [-0.2, 0) is 4.74 Å². The quantitative estimate of drug-likeness (QED) is 0.586. The van der Waals surface area contributed by atoms with E-state index in [4.69, 9.17) is 16.2 Å². The van der Waals surface area contributed by atoms with Crippen molar-refractivity contribution in [3.63, 3.8) is 0 Å². The molecule has 2 atom stereocenters. The average molecular weight is 182 g/mol. The van der Waals surface area contributed by atoms with Gasteiger partial charge in [0.15, 0.2) is 0 Å². The van der Waals surface area contributed by atoms with Crippen molar-refractivity contribution in [3.8, 4) is 0 Å². The van der Waals surface area contributed by atoms with Gasteiger partial charge in [-0.1, -0.05) is 12.2 Å². The van der Waals surface area contributed by atoms with Gasteiger partial charge in [-0.3, -0.25) is 0 Å². The number of allylic oxidation sites excluding steroid dienone is 3. The Morgan fingerprint density at radius 2 is 2.23 bits per heavy atom. The molecule has 70 valence electrons. The summed E-state index contributed by atoms with van der Waals surface area (Å²) in [4.78, 5) is 0. The van der Waals surface area contributed by atoms with E-state index >= 15 is 0 Å². The molecular formula is C9H11FN2O. The summed E-state index contributed by atoms with van der Waals surface area (Å²) < 4.78 is 18.2. The first-order chi connectivity index (χ1) is 6.18. The van der Waals surface area contributed by atoms with Gasteiger partial charge in [0.25, 0.3) is 0 Å². The minimum Gasteiger partial charge on any atom is -0.399 e. The van der Waals surface area contributed by atoms with Crippen molar-refractivity contribution in [3.05, 3.63) is 35.3 Å². The first-order valence-electron chi connectivity index (χ1n) is 4.12. The highest BCUT2D eigenvalue weighted by Gasteiger charge is 2.37. The number of ether oxygens (including phenoxy) is 1. The van der Waals surface area contributed by atoms with E-state index in [-0.39, 0.29) is 23.9 Å². The van der Waals surface area contributed by atoms with Crippen molar-refractivity contribution in [2.24, 2.45) is 11.5 Å². The number of nitrogens with two attached hydrogens (primary N) is 2. The molecule has 1 unspecified atom stereocenters. The smallest absolute Gasteiger partial charge is 0.142 e. The second-order valence-electron chi connectivity index (χ2n) is 3.15. The Balaban J connectivity index is 2.23. The van der Waals surface area contributed by atoms with Crippen molar-refractivity contribution in [2.75, 3.05) is 0 Å². The molecule has 1 heterocycles.